The molecule has 9 heteroatoms. The molecule has 0 unspecified atom stereocenters. The quantitative estimate of drug-likeness (QED) is 0.576. The Kier molecular flexibility index (Phi) is 6.40. The molecule has 2 fully saturated rings. The fourth-order valence-corrected chi connectivity index (χ4v) is 4.92. The molecule has 8 nitrogen and oxygen atoms in total. The third-order valence-corrected chi connectivity index (χ3v) is 6.57. The molecular weight excluding hydrogens is 437 g/mol. The number of hydrogen-bond donors (Lipinski definition) is 1. The van der Waals surface area contributed by atoms with Crippen LogP contribution in [0.3, 0.4) is 0 Å². The van der Waals surface area contributed by atoms with E-state index in [0.29, 0.717) is 46.3 Å². The molecule has 0 saturated carbocycles. The predicted octanol–water partition coefficient (Wildman–Crippen LogP) is 4.18. The van der Waals surface area contributed by atoms with Gasteiger partial charge < -0.3 is 24.2 Å². The topological polar surface area (TPSA) is 85.5 Å². The van der Waals surface area contributed by atoms with Crippen molar-refractivity contribution in [2.75, 3.05) is 31.2 Å². The fourth-order valence-electron chi connectivity index (χ4n) is 4.92. The number of piperidine rings is 1. The Labute approximate surface area is 198 Å². The van der Waals surface area contributed by atoms with Gasteiger partial charge in [0.15, 0.2) is 11.6 Å². The van der Waals surface area contributed by atoms with Crippen LogP contribution in [0.15, 0.2) is 16.7 Å². The molecule has 5 rings (SSSR count). The van der Waals surface area contributed by atoms with E-state index >= 15 is 4.39 Å². The van der Waals surface area contributed by atoms with Gasteiger partial charge in [-0.1, -0.05) is 5.16 Å². The van der Waals surface area contributed by atoms with E-state index in [9.17, 15) is 0 Å². The second-order valence-corrected chi connectivity index (χ2v) is 9.54. The molecule has 2 saturated heterocycles. The summed E-state index contributed by atoms with van der Waals surface area (Å²) in [4.78, 5) is 11.5. The van der Waals surface area contributed by atoms with Gasteiger partial charge in [-0.25, -0.2) is 9.37 Å². The molecule has 1 atom stereocenters. The van der Waals surface area contributed by atoms with Crippen LogP contribution in [-0.2, 0) is 4.74 Å². The number of aromatic nitrogens is 3. The number of fused-ring (bicyclic) bond motifs is 1. The SMILES string of the molecule is Cc1noc(-c2c(N3CCC(N[C@@H]4CCOC4)CC3)nc3c(F)cc(OC(C)C)cc3c2C)n1. The summed E-state index contributed by atoms with van der Waals surface area (Å²) in [5.41, 5.74) is 1.93. The molecule has 2 aromatic heterocycles. The van der Waals surface area contributed by atoms with Crippen molar-refractivity contribution >= 4 is 16.7 Å². The largest absolute Gasteiger partial charge is 0.491 e. The molecule has 4 heterocycles. The van der Waals surface area contributed by atoms with Gasteiger partial charge >= 0.3 is 0 Å². The molecule has 0 spiro atoms. The summed E-state index contributed by atoms with van der Waals surface area (Å²) in [7, 11) is 0. The Balaban J connectivity index is 1.52. The van der Waals surface area contributed by atoms with Crippen molar-refractivity contribution in [3.8, 4) is 17.2 Å². The highest BCUT2D eigenvalue weighted by Crippen LogP contribution is 2.39. The molecular formula is C25H32FN5O3. The normalized spacial score (nSPS) is 19.5. The van der Waals surface area contributed by atoms with E-state index in [-0.39, 0.29) is 6.10 Å². The fraction of sp³-hybridized carbons (Fsp3) is 0.560. The number of halogens is 1. The Hall–Kier alpha value is -2.78. The molecule has 1 N–H and O–H groups in total. The summed E-state index contributed by atoms with van der Waals surface area (Å²) in [6, 6.07) is 4.13. The number of nitrogens with one attached hydrogen (secondary N) is 1. The van der Waals surface area contributed by atoms with Gasteiger partial charge in [0, 0.05) is 43.2 Å². The molecule has 1 aromatic carbocycles. The van der Waals surface area contributed by atoms with Gasteiger partial charge in [-0.05, 0) is 58.6 Å². The average Bonchev–Trinajstić information content (AvgIpc) is 3.46. The van der Waals surface area contributed by atoms with E-state index in [2.05, 4.69) is 20.4 Å². The minimum Gasteiger partial charge on any atom is -0.491 e. The molecule has 2 aliphatic rings. The molecule has 2 aliphatic heterocycles. The van der Waals surface area contributed by atoms with E-state index in [0.717, 1.165) is 56.7 Å². The van der Waals surface area contributed by atoms with Gasteiger partial charge in [0.2, 0.25) is 0 Å². The Morgan fingerprint density at radius 1 is 1.12 bits per heavy atom. The van der Waals surface area contributed by atoms with Crippen molar-refractivity contribution in [2.24, 2.45) is 0 Å². The lowest BCUT2D eigenvalue weighted by Gasteiger charge is -2.35. The van der Waals surface area contributed by atoms with Crippen LogP contribution in [-0.4, -0.2) is 59.6 Å². The number of rotatable bonds is 6. The van der Waals surface area contributed by atoms with E-state index in [1.807, 2.05) is 26.8 Å². The predicted molar refractivity (Wildman–Crippen MR) is 128 cm³/mol. The molecule has 34 heavy (non-hydrogen) atoms. The summed E-state index contributed by atoms with van der Waals surface area (Å²) in [6.45, 7) is 10.8. The number of benzene rings is 1. The molecule has 0 amide bonds. The van der Waals surface area contributed by atoms with Gasteiger partial charge in [0.1, 0.15) is 17.1 Å². The third-order valence-electron chi connectivity index (χ3n) is 6.57. The number of hydrogen-bond acceptors (Lipinski definition) is 8. The zero-order valence-electron chi connectivity index (χ0n) is 20.2. The van der Waals surface area contributed by atoms with Crippen LogP contribution in [0.25, 0.3) is 22.4 Å². The zero-order chi connectivity index (χ0) is 23.8. The van der Waals surface area contributed by atoms with Crippen molar-refractivity contribution in [3.63, 3.8) is 0 Å². The number of ether oxygens (including phenoxy) is 2. The van der Waals surface area contributed by atoms with Crippen molar-refractivity contribution in [2.45, 2.75) is 65.1 Å². The van der Waals surface area contributed by atoms with Crippen LogP contribution in [0, 0.1) is 19.7 Å². The van der Waals surface area contributed by atoms with Crippen LogP contribution in [0.2, 0.25) is 0 Å². The van der Waals surface area contributed by atoms with Crippen LogP contribution < -0.4 is 15.0 Å². The summed E-state index contributed by atoms with van der Waals surface area (Å²) < 4.78 is 32.1. The number of pyridine rings is 1. The Morgan fingerprint density at radius 3 is 2.56 bits per heavy atom. The highest BCUT2D eigenvalue weighted by Gasteiger charge is 2.29. The van der Waals surface area contributed by atoms with Crippen LogP contribution >= 0.6 is 0 Å². The standard InChI is InChI=1S/C25H32FN5O3/c1-14(2)33-19-11-20-15(3)22(25-27-16(4)30-34-25)24(29-23(20)21(26)12-19)31-8-5-17(6-9-31)28-18-7-10-32-13-18/h11-12,14,17-18,28H,5-10,13H2,1-4H3/t18-/m1/s1. The highest BCUT2D eigenvalue weighted by molar-refractivity contribution is 5.93. The summed E-state index contributed by atoms with van der Waals surface area (Å²) in [6.07, 6.45) is 2.95. The van der Waals surface area contributed by atoms with E-state index in [4.69, 9.17) is 19.0 Å². The average molecular weight is 470 g/mol. The smallest absolute Gasteiger partial charge is 0.261 e. The van der Waals surface area contributed by atoms with Gasteiger partial charge in [0.25, 0.3) is 5.89 Å². The summed E-state index contributed by atoms with van der Waals surface area (Å²) in [5.74, 6) is 1.72. The van der Waals surface area contributed by atoms with Crippen molar-refractivity contribution < 1.29 is 18.4 Å². The van der Waals surface area contributed by atoms with Gasteiger partial charge in [0.05, 0.1) is 18.3 Å². The van der Waals surface area contributed by atoms with Crippen molar-refractivity contribution in [3.05, 3.63) is 29.3 Å². The van der Waals surface area contributed by atoms with Gasteiger partial charge in [-0.3, -0.25) is 0 Å². The van der Waals surface area contributed by atoms with Crippen LogP contribution in [0.1, 0.15) is 44.5 Å². The first-order valence-electron chi connectivity index (χ1n) is 12.1. The lowest BCUT2D eigenvalue weighted by atomic mass is 9.99. The maximum absolute atomic E-state index is 15.2. The third kappa shape index (κ3) is 4.59. The molecule has 3 aromatic rings. The highest BCUT2D eigenvalue weighted by atomic mass is 19.1. The second kappa shape index (κ2) is 9.46. The van der Waals surface area contributed by atoms with Crippen molar-refractivity contribution in [1.29, 1.82) is 0 Å². The minimum absolute atomic E-state index is 0.0619. The maximum atomic E-state index is 15.2. The zero-order valence-corrected chi connectivity index (χ0v) is 20.2. The molecule has 0 radical (unpaired) electrons. The lowest BCUT2D eigenvalue weighted by Crippen LogP contribution is -2.46. The minimum atomic E-state index is -0.399. The second-order valence-electron chi connectivity index (χ2n) is 9.54. The van der Waals surface area contributed by atoms with E-state index in [1.165, 1.54) is 6.07 Å². The number of anilines is 1. The van der Waals surface area contributed by atoms with Gasteiger partial charge in [-0.15, -0.1) is 0 Å². The monoisotopic (exact) mass is 469 g/mol. The van der Waals surface area contributed by atoms with E-state index in [1.54, 1.807) is 6.92 Å². The summed E-state index contributed by atoms with van der Waals surface area (Å²) in [5, 5.41) is 8.40. The van der Waals surface area contributed by atoms with Crippen LogP contribution in [0.5, 0.6) is 5.75 Å². The Morgan fingerprint density at radius 2 is 1.91 bits per heavy atom. The maximum Gasteiger partial charge on any atom is 0.261 e. The number of aryl methyl sites for hydroxylation is 2. The first kappa shape index (κ1) is 23.0. The first-order chi connectivity index (χ1) is 16.4. The van der Waals surface area contributed by atoms with E-state index < -0.39 is 5.82 Å². The van der Waals surface area contributed by atoms with Gasteiger partial charge in [-0.2, -0.15) is 4.98 Å². The molecule has 182 valence electrons. The first-order valence-corrected chi connectivity index (χ1v) is 12.1. The summed E-state index contributed by atoms with van der Waals surface area (Å²) >= 11 is 0. The van der Waals surface area contributed by atoms with Crippen molar-refractivity contribution in [1.82, 2.24) is 20.4 Å². The van der Waals surface area contributed by atoms with Crippen LogP contribution in [0.4, 0.5) is 10.2 Å². The molecule has 0 bridgehead atoms. The number of nitrogens with zero attached hydrogens (tertiary/aromatic N) is 4. The Bertz CT molecular complexity index is 1170. The lowest BCUT2D eigenvalue weighted by molar-refractivity contribution is 0.186. The molecule has 0 aliphatic carbocycles.